The molecule has 0 spiro atoms. The van der Waals surface area contributed by atoms with Crippen LogP contribution in [0.5, 0.6) is 0 Å². The van der Waals surface area contributed by atoms with Crippen LogP contribution in [-0.2, 0) is 4.79 Å². The van der Waals surface area contributed by atoms with Gasteiger partial charge >= 0.3 is 5.97 Å². The van der Waals surface area contributed by atoms with Gasteiger partial charge in [-0.25, -0.2) is 4.39 Å². The molecule has 0 aliphatic carbocycles. The maximum atomic E-state index is 13.9. The first-order valence-corrected chi connectivity index (χ1v) is 6.55. The monoisotopic (exact) mass is 266 g/mol. The number of anilines is 1. The zero-order valence-corrected chi connectivity index (χ0v) is 11.0. The molecular formula is C14H19FN2O2. The van der Waals surface area contributed by atoms with Crippen molar-refractivity contribution in [1.82, 2.24) is 5.32 Å². The molecule has 1 aliphatic rings. The molecule has 0 bridgehead atoms. The molecule has 2 atom stereocenters. The predicted molar refractivity (Wildman–Crippen MR) is 71.9 cm³/mol. The van der Waals surface area contributed by atoms with Crippen LogP contribution in [0.25, 0.3) is 0 Å². The summed E-state index contributed by atoms with van der Waals surface area (Å²) >= 11 is 0. The second-order valence-electron chi connectivity index (χ2n) is 4.95. The van der Waals surface area contributed by atoms with Crippen molar-refractivity contribution < 1.29 is 14.3 Å². The summed E-state index contributed by atoms with van der Waals surface area (Å²) in [6.45, 7) is 3.48. The van der Waals surface area contributed by atoms with Crippen molar-refractivity contribution in [1.29, 1.82) is 0 Å². The number of nitrogens with zero attached hydrogens (tertiary/aromatic N) is 1. The number of carbonyl (C=O) groups is 1. The normalized spacial score (nSPS) is 23.4. The highest BCUT2D eigenvalue weighted by Crippen LogP contribution is 2.26. The maximum absolute atomic E-state index is 13.9. The fraction of sp³-hybridized carbons (Fsp3) is 0.500. The Morgan fingerprint density at radius 2 is 2.21 bits per heavy atom. The number of hydrogen-bond donors (Lipinski definition) is 2. The van der Waals surface area contributed by atoms with Crippen LogP contribution in [0, 0.1) is 5.82 Å². The van der Waals surface area contributed by atoms with Gasteiger partial charge in [-0.3, -0.25) is 4.79 Å². The SMILES string of the molecule is CC1CNCC(CCC(=O)O)N1c1ccccc1F. The summed E-state index contributed by atoms with van der Waals surface area (Å²) in [7, 11) is 0. The second-order valence-corrected chi connectivity index (χ2v) is 4.95. The predicted octanol–water partition coefficient (Wildman–Crippen LogP) is 1.86. The van der Waals surface area contributed by atoms with Gasteiger partial charge in [0.1, 0.15) is 5.82 Å². The molecule has 1 heterocycles. The minimum atomic E-state index is -0.813. The fourth-order valence-corrected chi connectivity index (χ4v) is 2.64. The number of rotatable bonds is 4. The smallest absolute Gasteiger partial charge is 0.303 e. The van der Waals surface area contributed by atoms with Crippen LogP contribution < -0.4 is 10.2 Å². The summed E-state index contributed by atoms with van der Waals surface area (Å²) in [5.41, 5.74) is 0.562. The number of piperazine rings is 1. The lowest BCUT2D eigenvalue weighted by molar-refractivity contribution is -0.137. The minimum Gasteiger partial charge on any atom is -0.481 e. The third-order valence-corrected chi connectivity index (χ3v) is 3.51. The van der Waals surface area contributed by atoms with Crippen molar-refractivity contribution in [3.8, 4) is 0 Å². The molecule has 2 rings (SSSR count). The molecule has 104 valence electrons. The van der Waals surface area contributed by atoms with Crippen molar-refractivity contribution in [2.45, 2.75) is 31.8 Å². The Morgan fingerprint density at radius 3 is 2.89 bits per heavy atom. The first kappa shape index (κ1) is 13.8. The molecule has 0 saturated carbocycles. The van der Waals surface area contributed by atoms with E-state index in [9.17, 15) is 9.18 Å². The highest BCUT2D eigenvalue weighted by Gasteiger charge is 2.29. The molecule has 1 fully saturated rings. The maximum Gasteiger partial charge on any atom is 0.303 e. The van der Waals surface area contributed by atoms with Gasteiger partial charge in [0.05, 0.1) is 5.69 Å². The van der Waals surface area contributed by atoms with Crippen LogP contribution in [-0.4, -0.2) is 36.2 Å². The summed E-state index contributed by atoms with van der Waals surface area (Å²) in [6.07, 6.45) is 0.616. The van der Waals surface area contributed by atoms with Crippen molar-refractivity contribution >= 4 is 11.7 Å². The average molecular weight is 266 g/mol. The molecule has 1 aliphatic heterocycles. The van der Waals surface area contributed by atoms with E-state index in [1.165, 1.54) is 6.07 Å². The first-order chi connectivity index (χ1) is 9.09. The molecule has 0 aromatic heterocycles. The Hall–Kier alpha value is -1.62. The molecule has 19 heavy (non-hydrogen) atoms. The van der Waals surface area contributed by atoms with E-state index in [4.69, 9.17) is 5.11 Å². The molecule has 0 amide bonds. The minimum absolute atomic E-state index is 0.0109. The number of para-hydroxylation sites is 1. The van der Waals surface area contributed by atoms with Gasteiger partial charge in [-0.2, -0.15) is 0 Å². The number of halogens is 1. The Bertz CT molecular complexity index is 453. The quantitative estimate of drug-likeness (QED) is 0.873. The molecular weight excluding hydrogens is 247 g/mol. The van der Waals surface area contributed by atoms with Crippen LogP contribution in [0.3, 0.4) is 0 Å². The van der Waals surface area contributed by atoms with E-state index >= 15 is 0 Å². The summed E-state index contributed by atoms with van der Waals surface area (Å²) in [4.78, 5) is 12.7. The third kappa shape index (κ3) is 3.23. The summed E-state index contributed by atoms with van der Waals surface area (Å²) < 4.78 is 13.9. The second kappa shape index (κ2) is 6.02. The van der Waals surface area contributed by atoms with Crippen LogP contribution in [0.2, 0.25) is 0 Å². The largest absolute Gasteiger partial charge is 0.481 e. The molecule has 1 aromatic carbocycles. The standard InChI is InChI=1S/C14H19FN2O2/c1-10-8-16-9-11(6-7-14(18)19)17(10)13-5-3-2-4-12(13)15/h2-5,10-11,16H,6-9H2,1H3,(H,18,19). The number of benzene rings is 1. The van der Waals surface area contributed by atoms with Crippen LogP contribution in [0.15, 0.2) is 24.3 Å². The Kier molecular flexibility index (Phi) is 4.37. The van der Waals surface area contributed by atoms with E-state index in [0.717, 1.165) is 6.54 Å². The van der Waals surface area contributed by atoms with Crippen LogP contribution in [0.1, 0.15) is 19.8 Å². The number of aliphatic carboxylic acids is 1. The molecule has 1 aromatic rings. The Morgan fingerprint density at radius 1 is 1.47 bits per heavy atom. The number of nitrogens with one attached hydrogen (secondary N) is 1. The molecule has 1 saturated heterocycles. The van der Waals surface area contributed by atoms with E-state index in [-0.39, 0.29) is 24.3 Å². The summed E-state index contributed by atoms with van der Waals surface area (Å²) in [5, 5.41) is 12.1. The van der Waals surface area contributed by atoms with Crippen molar-refractivity contribution in [2.75, 3.05) is 18.0 Å². The molecule has 2 unspecified atom stereocenters. The van der Waals surface area contributed by atoms with E-state index in [1.807, 2.05) is 11.8 Å². The third-order valence-electron chi connectivity index (χ3n) is 3.51. The van der Waals surface area contributed by atoms with E-state index in [0.29, 0.717) is 18.7 Å². The molecule has 4 nitrogen and oxygen atoms in total. The lowest BCUT2D eigenvalue weighted by Crippen LogP contribution is -2.56. The summed E-state index contributed by atoms with van der Waals surface area (Å²) in [5.74, 6) is -1.07. The Labute approximate surface area is 112 Å². The zero-order valence-electron chi connectivity index (χ0n) is 11.0. The highest BCUT2D eigenvalue weighted by atomic mass is 19.1. The van der Waals surface area contributed by atoms with Gasteiger partial charge in [0.2, 0.25) is 0 Å². The van der Waals surface area contributed by atoms with Crippen molar-refractivity contribution in [3.05, 3.63) is 30.1 Å². The van der Waals surface area contributed by atoms with Gasteiger partial charge in [-0.05, 0) is 25.5 Å². The average Bonchev–Trinajstić information content (AvgIpc) is 2.37. The van der Waals surface area contributed by atoms with Crippen LogP contribution >= 0.6 is 0 Å². The topological polar surface area (TPSA) is 52.6 Å². The Balaban J connectivity index is 2.21. The molecule has 0 radical (unpaired) electrons. The first-order valence-electron chi connectivity index (χ1n) is 6.55. The number of carboxylic acids is 1. The van der Waals surface area contributed by atoms with Gasteiger partial charge in [0, 0.05) is 31.6 Å². The fourth-order valence-electron chi connectivity index (χ4n) is 2.64. The van der Waals surface area contributed by atoms with Gasteiger partial charge in [0.25, 0.3) is 0 Å². The van der Waals surface area contributed by atoms with Crippen molar-refractivity contribution in [2.24, 2.45) is 0 Å². The van der Waals surface area contributed by atoms with E-state index in [1.54, 1.807) is 18.2 Å². The highest BCUT2D eigenvalue weighted by molar-refractivity contribution is 5.66. The number of hydrogen-bond acceptors (Lipinski definition) is 3. The van der Waals surface area contributed by atoms with E-state index in [2.05, 4.69) is 5.32 Å². The van der Waals surface area contributed by atoms with Crippen molar-refractivity contribution in [3.63, 3.8) is 0 Å². The van der Waals surface area contributed by atoms with Gasteiger partial charge in [-0.1, -0.05) is 12.1 Å². The molecule has 2 N–H and O–H groups in total. The lowest BCUT2D eigenvalue weighted by atomic mass is 10.0. The van der Waals surface area contributed by atoms with E-state index < -0.39 is 5.97 Å². The van der Waals surface area contributed by atoms with Crippen LogP contribution in [0.4, 0.5) is 10.1 Å². The number of carboxylic acid groups (broad SMARTS) is 1. The van der Waals surface area contributed by atoms with Gasteiger partial charge in [-0.15, -0.1) is 0 Å². The van der Waals surface area contributed by atoms with Gasteiger partial charge in [0.15, 0.2) is 0 Å². The molecule has 5 heteroatoms. The lowest BCUT2D eigenvalue weighted by Gasteiger charge is -2.43. The summed E-state index contributed by atoms with van der Waals surface area (Å²) in [6, 6.07) is 6.82. The zero-order chi connectivity index (χ0) is 13.8. The van der Waals surface area contributed by atoms with Gasteiger partial charge < -0.3 is 15.3 Å².